The number of aryl methyl sites for hydroxylation is 1. The molecule has 0 amide bonds. The van der Waals surface area contributed by atoms with Crippen molar-refractivity contribution in [2.45, 2.75) is 65.1 Å². The molecule has 1 aliphatic rings. The summed E-state index contributed by atoms with van der Waals surface area (Å²) in [5, 5.41) is 4.90. The SMILES string of the molecule is CCCC(c1cc2ccc(Br)cc2nc1CC)N1C[C@@H](C)N[C@@H](C)C1. The second kappa shape index (κ2) is 8.15. The van der Waals surface area contributed by atoms with Gasteiger partial charge in [-0.25, -0.2) is 0 Å². The van der Waals surface area contributed by atoms with E-state index in [1.807, 2.05) is 0 Å². The third-order valence-electron chi connectivity index (χ3n) is 5.17. The van der Waals surface area contributed by atoms with Crippen molar-refractivity contribution < 1.29 is 0 Å². The fourth-order valence-electron chi connectivity index (χ4n) is 4.20. The van der Waals surface area contributed by atoms with Crippen LogP contribution in [-0.4, -0.2) is 35.1 Å². The highest BCUT2D eigenvalue weighted by molar-refractivity contribution is 9.10. The molecule has 1 saturated heterocycles. The van der Waals surface area contributed by atoms with E-state index < -0.39 is 0 Å². The minimum atomic E-state index is 0.465. The third-order valence-corrected chi connectivity index (χ3v) is 5.67. The van der Waals surface area contributed by atoms with Gasteiger partial charge in [-0.05, 0) is 50.5 Å². The molecular formula is C21H30BrN3. The van der Waals surface area contributed by atoms with E-state index in [2.05, 4.69) is 78.1 Å². The molecule has 25 heavy (non-hydrogen) atoms. The van der Waals surface area contributed by atoms with E-state index in [0.717, 1.165) is 29.5 Å². The van der Waals surface area contributed by atoms with Crippen LogP contribution in [0, 0.1) is 0 Å². The monoisotopic (exact) mass is 403 g/mol. The molecule has 0 radical (unpaired) electrons. The van der Waals surface area contributed by atoms with Crippen LogP contribution in [0.1, 0.15) is 57.8 Å². The van der Waals surface area contributed by atoms with Crippen LogP contribution in [0.5, 0.6) is 0 Å². The van der Waals surface area contributed by atoms with Crippen molar-refractivity contribution >= 4 is 26.8 Å². The zero-order chi connectivity index (χ0) is 18.0. The first-order valence-electron chi connectivity index (χ1n) is 9.61. The Hall–Kier alpha value is -0.970. The minimum absolute atomic E-state index is 0.465. The van der Waals surface area contributed by atoms with Gasteiger partial charge in [-0.2, -0.15) is 0 Å². The first-order chi connectivity index (χ1) is 12.0. The Kier molecular flexibility index (Phi) is 6.13. The predicted octanol–water partition coefficient (Wildman–Crippen LogP) is 5.08. The molecule has 4 heteroatoms. The highest BCUT2D eigenvalue weighted by atomic mass is 79.9. The molecule has 0 saturated carbocycles. The van der Waals surface area contributed by atoms with Gasteiger partial charge >= 0.3 is 0 Å². The Labute approximate surface area is 160 Å². The predicted molar refractivity (Wildman–Crippen MR) is 110 cm³/mol. The molecule has 1 aromatic carbocycles. The van der Waals surface area contributed by atoms with Crippen molar-refractivity contribution in [1.29, 1.82) is 0 Å². The number of hydrogen-bond acceptors (Lipinski definition) is 3. The molecule has 1 aromatic heterocycles. The van der Waals surface area contributed by atoms with Crippen LogP contribution in [0.25, 0.3) is 10.9 Å². The lowest BCUT2D eigenvalue weighted by molar-refractivity contribution is 0.116. The maximum atomic E-state index is 5.02. The standard InChI is InChI=1S/C21H30BrN3/c1-5-7-21(25-12-14(3)23-15(4)13-25)18-10-16-8-9-17(22)11-20(16)24-19(18)6-2/h8-11,14-15,21,23H,5-7,12-13H2,1-4H3/t14-,15+,21?. The van der Waals surface area contributed by atoms with Crippen molar-refractivity contribution in [1.82, 2.24) is 15.2 Å². The van der Waals surface area contributed by atoms with Gasteiger partial charge in [-0.15, -0.1) is 0 Å². The van der Waals surface area contributed by atoms with Gasteiger partial charge in [0, 0.05) is 46.8 Å². The summed E-state index contributed by atoms with van der Waals surface area (Å²) in [5.41, 5.74) is 3.77. The van der Waals surface area contributed by atoms with E-state index in [1.165, 1.54) is 29.5 Å². The summed E-state index contributed by atoms with van der Waals surface area (Å²) in [7, 11) is 0. The van der Waals surface area contributed by atoms with Crippen molar-refractivity contribution in [3.8, 4) is 0 Å². The third kappa shape index (κ3) is 4.24. The molecule has 3 nitrogen and oxygen atoms in total. The topological polar surface area (TPSA) is 28.2 Å². The van der Waals surface area contributed by atoms with Gasteiger partial charge in [0.1, 0.15) is 0 Å². The summed E-state index contributed by atoms with van der Waals surface area (Å²) >= 11 is 3.57. The van der Waals surface area contributed by atoms with Crippen LogP contribution in [0.2, 0.25) is 0 Å². The van der Waals surface area contributed by atoms with Crippen LogP contribution in [0.15, 0.2) is 28.7 Å². The lowest BCUT2D eigenvalue weighted by atomic mass is 9.94. The molecule has 3 rings (SSSR count). The summed E-state index contributed by atoms with van der Waals surface area (Å²) in [6.07, 6.45) is 3.37. The summed E-state index contributed by atoms with van der Waals surface area (Å²) in [4.78, 5) is 7.70. The Morgan fingerprint density at radius 3 is 2.56 bits per heavy atom. The Morgan fingerprint density at radius 2 is 1.92 bits per heavy atom. The number of pyridine rings is 1. The number of halogens is 1. The van der Waals surface area contributed by atoms with Gasteiger partial charge in [-0.1, -0.05) is 42.3 Å². The molecule has 1 N–H and O–H groups in total. The Bertz CT molecular complexity index is 720. The largest absolute Gasteiger partial charge is 0.309 e. The Balaban J connectivity index is 2.04. The van der Waals surface area contributed by atoms with Gasteiger partial charge in [0.15, 0.2) is 0 Å². The first-order valence-corrected chi connectivity index (χ1v) is 10.4. The summed E-state index contributed by atoms with van der Waals surface area (Å²) in [6, 6.07) is 10.4. The summed E-state index contributed by atoms with van der Waals surface area (Å²) in [5.74, 6) is 0. The lowest BCUT2D eigenvalue weighted by Gasteiger charge is -2.41. The van der Waals surface area contributed by atoms with E-state index in [0.29, 0.717) is 18.1 Å². The van der Waals surface area contributed by atoms with Crippen LogP contribution in [0.4, 0.5) is 0 Å². The fraction of sp³-hybridized carbons (Fsp3) is 0.571. The number of hydrogen-bond donors (Lipinski definition) is 1. The van der Waals surface area contributed by atoms with Crippen molar-refractivity contribution in [3.63, 3.8) is 0 Å². The zero-order valence-corrected chi connectivity index (χ0v) is 17.4. The van der Waals surface area contributed by atoms with Gasteiger partial charge < -0.3 is 5.32 Å². The Morgan fingerprint density at radius 1 is 1.20 bits per heavy atom. The minimum Gasteiger partial charge on any atom is -0.309 e. The number of benzene rings is 1. The number of nitrogens with zero attached hydrogens (tertiary/aromatic N) is 2. The van der Waals surface area contributed by atoms with Crippen LogP contribution >= 0.6 is 15.9 Å². The molecule has 3 atom stereocenters. The maximum Gasteiger partial charge on any atom is 0.0716 e. The fourth-order valence-corrected chi connectivity index (χ4v) is 4.55. The second-order valence-electron chi connectivity index (χ2n) is 7.44. The van der Waals surface area contributed by atoms with E-state index in [-0.39, 0.29) is 0 Å². The highest BCUT2D eigenvalue weighted by Crippen LogP contribution is 2.32. The molecule has 0 aliphatic carbocycles. The molecule has 1 aliphatic heterocycles. The second-order valence-corrected chi connectivity index (χ2v) is 8.36. The van der Waals surface area contributed by atoms with Gasteiger partial charge in [0.25, 0.3) is 0 Å². The average Bonchev–Trinajstić information content (AvgIpc) is 2.57. The molecule has 0 spiro atoms. The van der Waals surface area contributed by atoms with Crippen molar-refractivity contribution in [3.05, 3.63) is 40.0 Å². The normalized spacial score (nSPS) is 23.1. The first kappa shape index (κ1) is 18.8. The zero-order valence-electron chi connectivity index (χ0n) is 15.8. The van der Waals surface area contributed by atoms with Gasteiger partial charge in [0.2, 0.25) is 0 Å². The van der Waals surface area contributed by atoms with Gasteiger partial charge in [0.05, 0.1) is 5.52 Å². The van der Waals surface area contributed by atoms with Crippen LogP contribution in [0.3, 0.4) is 0 Å². The van der Waals surface area contributed by atoms with Crippen LogP contribution < -0.4 is 5.32 Å². The number of nitrogens with one attached hydrogen (secondary N) is 1. The summed E-state index contributed by atoms with van der Waals surface area (Å²) < 4.78 is 1.09. The van der Waals surface area contributed by atoms with E-state index in [1.54, 1.807) is 0 Å². The van der Waals surface area contributed by atoms with E-state index in [9.17, 15) is 0 Å². The van der Waals surface area contributed by atoms with E-state index >= 15 is 0 Å². The van der Waals surface area contributed by atoms with Crippen LogP contribution in [-0.2, 0) is 6.42 Å². The maximum absolute atomic E-state index is 5.02. The average molecular weight is 404 g/mol. The van der Waals surface area contributed by atoms with E-state index in [4.69, 9.17) is 4.98 Å². The summed E-state index contributed by atoms with van der Waals surface area (Å²) in [6.45, 7) is 11.3. The number of rotatable bonds is 5. The molecule has 2 heterocycles. The highest BCUT2D eigenvalue weighted by Gasteiger charge is 2.29. The number of fused-ring (bicyclic) bond motifs is 1. The van der Waals surface area contributed by atoms with Gasteiger partial charge in [-0.3, -0.25) is 9.88 Å². The molecule has 136 valence electrons. The quantitative estimate of drug-likeness (QED) is 0.753. The molecular weight excluding hydrogens is 374 g/mol. The number of aromatic nitrogens is 1. The molecule has 1 unspecified atom stereocenters. The van der Waals surface area contributed by atoms with Crippen molar-refractivity contribution in [2.24, 2.45) is 0 Å². The smallest absolute Gasteiger partial charge is 0.0716 e. The number of piperazine rings is 1. The van der Waals surface area contributed by atoms with Crippen molar-refractivity contribution in [2.75, 3.05) is 13.1 Å². The molecule has 2 aromatic rings. The molecule has 1 fully saturated rings. The molecule has 0 bridgehead atoms. The lowest BCUT2D eigenvalue weighted by Crippen LogP contribution is -2.55.